The molecule has 2 aromatic rings. The molecule has 0 spiro atoms. The fourth-order valence-electron chi connectivity index (χ4n) is 1.57. The lowest BCUT2D eigenvalue weighted by atomic mass is 10.4. The highest BCUT2D eigenvalue weighted by Crippen LogP contribution is 2.11. The van der Waals surface area contributed by atoms with Gasteiger partial charge in [-0.1, -0.05) is 5.21 Å². The van der Waals surface area contributed by atoms with Crippen LogP contribution in [0, 0.1) is 11.3 Å². The summed E-state index contributed by atoms with van der Waals surface area (Å²) < 4.78 is 28.1. The summed E-state index contributed by atoms with van der Waals surface area (Å²) in [4.78, 5) is 3.62. The number of rotatable bonds is 6. The molecule has 104 valence electrons. The minimum atomic E-state index is -3.72. The Morgan fingerprint density at radius 2 is 2.25 bits per heavy atom. The second-order valence-corrected chi connectivity index (χ2v) is 5.61. The van der Waals surface area contributed by atoms with Gasteiger partial charge in [-0.15, -0.1) is 5.10 Å². The van der Waals surface area contributed by atoms with Gasteiger partial charge in [-0.05, 0) is 18.6 Å². The Kier molecular flexibility index (Phi) is 4.39. The molecule has 0 aliphatic carbocycles. The molecule has 2 heterocycles. The topological polar surface area (TPSA) is 114 Å². The summed E-state index contributed by atoms with van der Waals surface area (Å²) in [6.07, 6.45) is 5.19. The second-order valence-electron chi connectivity index (χ2n) is 3.88. The molecule has 0 aliphatic rings. The Morgan fingerprint density at radius 1 is 1.40 bits per heavy atom. The van der Waals surface area contributed by atoms with E-state index in [0.717, 1.165) is 0 Å². The number of hydrogen-bond acceptors (Lipinski definition) is 6. The number of aromatic nitrogens is 4. The first-order valence-corrected chi connectivity index (χ1v) is 7.31. The van der Waals surface area contributed by atoms with E-state index in [2.05, 4.69) is 20.0 Å². The first-order valence-electron chi connectivity index (χ1n) is 5.82. The number of sulfonamides is 1. The average Bonchev–Trinajstić information content (AvgIpc) is 2.97. The molecule has 0 fully saturated rings. The van der Waals surface area contributed by atoms with Gasteiger partial charge in [-0.2, -0.15) is 5.26 Å². The Bertz CT molecular complexity index is 705. The van der Waals surface area contributed by atoms with E-state index >= 15 is 0 Å². The molecule has 0 bridgehead atoms. The van der Waals surface area contributed by atoms with Crippen LogP contribution in [0.3, 0.4) is 0 Å². The van der Waals surface area contributed by atoms with Crippen molar-refractivity contribution in [2.75, 3.05) is 6.54 Å². The maximum absolute atomic E-state index is 12.0. The quantitative estimate of drug-likeness (QED) is 0.744. The van der Waals surface area contributed by atoms with Crippen molar-refractivity contribution in [3.8, 4) is 6.07 Å². The summed E-state index contributed by atoms with van der Waals surface area (Å²) in [5.41, 5.74) is -0.115. The summed E-state index contributed by atoms with van der Waals surface area (Å²) in [5.74, 6) is 0. The van der Waals surface area contributed by atoms with E-state index in [1.165, 1.54) is 18.3 Å². The molecule has 8 nitrogen and oxygen atoms in total. The van der Waals surface area contributed by atoms with E-state index < -0.39 is 10.0 Å². The Morgan fingerprint density at radius 3 is 2.95 bits per heavy atom. The monoisotopic (exact) mass is 292 g/mol. The van der Waals surface area contributed by atoms with Crippen LogP contribution in [-0.2, 0) is 16.6 Å². The summed E-state index contributed by atoms with van der Waals surface area (Å²) in [6, 6.07) is 4.59. The Hall–Kier alpha value is -2.31. The number of hydrogen-bond donors (Lipinski definition) is 1. The SMILES string of the molecule is N#Cc1ncccc1S(=O)(=O)NCCCn1ccnn1. The third-order valence-electron chi connectivity index (χ3n) is 2.49. The number of nitrogens with one attached hydrogen (secondary N) is 1. The van der Waals surface area contributed by atoms with E-state index in [4.69, 9.17) is 5.26 Å². The zero-order chi connectivity index (χ0) is 14.4. The van der Waals surface area contributed by atoms with Gasteiger partial charge >= 0.3 is 0 Å². The number of nitriles is 1. The molecule has 2 rings (SSSR count). The van der Waals surface area contributed by atoms with E-state index in [0.29, 0.717) is 13.0 Å². The summed E-state index contributed by atoms with van der Waals surface area (Å²) in [6.45, 7) is 0.794. The van der Waals surface area contributed by atoms with Gasteiger partial charge in [0, 0.05) is 25.5 Å². The Balaban J connectivity index is 1.96. The minimum absolute atomic E-state index is 0.108. The van der Waals surface area contributed by atoms with Gasteiger partial charge in [0.05, 0.1) is 6.20 Å². The van der Waals surface area contributed by atoms with Crippen molar-refractivity contribution in [3.63, 3.8) is 0 Å². The number of pyridine rings is 1. The fourth-order valence-corrected chi connectivity index (χ4v) is 2.75. The largest absolute Gasteiger partial charge is 0.253 e. The van der Waals surface area contributed by atoms with E-state index in [9.17, 15) is 8.42 Å². The molecule has 0 atom stereocenters. The highest BCUT2D eigenvalue weighted by atomic mass is 32.2. The molecule has 0 aliphatic heterocycles. The van der Waals surface area contributed by atoms with E-state index in [1.807, 2.05) is 0 Å². The van der Waals surface area contributed by atoms with Gasteiger partial charge in [-0.25, -0.2) is 18.1 Å². The maximum atomic E-state index is 12.0. The third-order valence-corrected chi connectivity index (χ3v) is 3.99. The van der Waals surface area contributed by atoms with Crippen LogP contribution in [0.4, 0.5) is 0 Å². The molecule has 0 saturated carbocycles. The third kappa shape index (κ3) is 3.37. The van der Waals surface area contributed by atoms with Gasteiger partial charge in [0.25, 0.3) is 0 Å². The van der Waals surface area contributed by atoms with Crippen molar-refractivity contribution >= 4 is 10.0 Å². The van der Waals surface area contributed by atoms with Crippen molar-refractivity contribution in [1.29, 1.82) is 5.26 Å². The maximum Gasteiger partial charge on any atom is 0.243 e. The summed E-state index contributed by atoms with van der Waals surface area (Å²) >= 11 is 0. The molecule has 0 saturated heterocycles. The molecular formula is C11H12N6O2S. The Labute approximate surface area is 116 Å². The smallest absolute Gasteiger partial charge is 0.243 e. The standard InChI is InChI=1S/C11H12N6O2S/c12-9-10-11(3-1-4-13-10)20(18,19)15-5-2-7-17-8-6-14-16-17/h1,3-4,6,8,15H,2,5,7H2. The molecule has 0 amide bonds. The minimum Gasteiger partial charge on any atom is -0.253 e. The fraction of sp³-hybridized carbons (Fsp3) is 0.273. The van der Waals surface area contributed by atoms with Gasteiger partial charge in [0.2, 0.25) is 10.0 Å². The van der Waals surface area contributed by atoms with Crippen molar-refractivity contribution in [2.24, 2.45) is 0 Å². The van der Waals surface area contributed by atoms with E-state index in [1.54, 1.807) is 23.1 Å². The lowest BCUT2D eigenvalue weighted by Crippen LogP contribution is -2.26. The van der Waals surface area contributed by atoms with Crippen LogP contribution in [0.15, 0.2) is 35.6 Å². The molecule has 2 aromatic heterocycles. The molecule has 20 heavy (non-hydrogen) atoms. The van der Waals surface area contributed by atoms with Crippen LogP contribution in [0.2, 0.25) is 0 Å². The van der Waals surface area contributed by atoms with Crippen LogP contribution in [0.5, 0.6) is 0 Å². The number of aryl methyl sites for hydroxylation is 1. The predicted octanol–water partition coefficient (Wildman–Crippen LogP) is -0.0866. The lowest BCUT2D eigenvalue weighted by Gasteiger charge is -2.07. The normalized spacial score (nSPS) is 11.2. The molecule has 9 heteroatoms. The average molecular weight is 292 g/mol. The van der Waals surface area contributed by atoms with Crippen molar-refractivity contribution in [1.82, 2.24) is 24.7 Å². The molecular weight excluding hydrogens is 280 g/mol. The highest BCUT2D eigenvalue weighted by molar-refractivity contribution is 7.89. The number of nitrogens with zero attached hydrogens (tertiary/aromatic N) is 5. The lowest BCUT2D eigenvalue weighted by molar-refractivity contribution is 0.542. The van der Waals surface area contributed by atoms with Crippen molar-refractivity contribution < 1.29 is 8.42 Å². The second kappa shape index (κ2) is 6.23. The molecule has 0 aromatic carbocycles. The van der Waals surface area contributed by atoms with Crippen LogP contribution in [0.25, 0.3) is 0 Å². The van der Waals surface area contributed by atoms with E-state index in [-0.39, 0.29) is 17.1 Å². The summed E-state index contributed by atoms with van der Waals surface area (Å²) in [5, 5.41) is 16.3. The van der Waals surface area contributed by atoms with Crippen molar-refractivity contribution in [3.05, 3.63) is 36.4 Å². The van der Waals surface area contributed by atoms with Crippen LogP contribution in [-0.4, -0.2) is 34.9 Å². The predicted molar refractivity (Wildman–Crippen MR) is 68.8 cm³/mol. The van der Waals surface area contributed by atoms with Gasteiger partial charge in [0.1, 0.15) is 11.0 Å². The van der Waals surface area contributed by atoms with Gasteiger partial charge < -0.3 is 0 Å². The highest BCUT2D eigenvalue weighted by Gasteiger charge is 2.18. The summed E-state index contributed by atoms with van der Waals surface area (Å²) in [7, 11) is -3.72. The van der Waals surface area contributed by atoms with Crippen LogP contribution < -0.4 is 4.72 Å². The van der Waals surface area contributed by atoms with Gasteiger partial charge in [0.15, 0.2) is 5.69 Å². The zero-order valence-electron chi connectivity index (χ0n) is 10.5. The van der Waals surface area contributed by atoms with Gasteiger partial charge in [-0.3, -0.25) is 4.68 Å². The van der Waals surface area contributed by atoms with Crippen molar-refractivity contribution in [2.45, 2.75) is 17.9 Å². The first kappa shape index (κ1) is 14.1. The van der Waals surface area contributed by atoms with Crippen LogP contribution >= 0.6 is 0 Å². The zero-order valence-corrected chi connectivity index (χ0v) is 11.3. The molecule has 0 unspecified atom stereocenters. The molecule has 1 N–H and O–H groups in total. The first-order chi connectivity index (χ1) is 9.63. The molecule has 0 radical (unpaired) electrons. The van der Waals surface area contributed by atoms with Crippen LogP contribution in [0.1, 0.15) is 12.1 Å².